The van der Waals surface area contributed by atoms with Crippen molar-refractivity contribution in [2.45, 2.75) is 55.4 Å². The van der Waals surface area contributed by atoms with Gasteiger partial charge in [-0.3, -0.25) is 19.9 Å². The number of rotatable bonds is 0. The second-order valence-corrected chi connectivity index (χ2v) is 10.3. The predicted molar refractivity (Wildman–Crippen MR) is 173 cm³/mol. The molecule has 4 heterocycles. The van der Waals surface area contributed by atoms with E-state index in [1.807, 2.05) is 24.5 Å². The molecule has 0 saturated carbocycles. The minimum Gasteiger partial charge on any atom is -0.356 e. The summed E-state index contributed by atoms with van der Waals surface area (Å²) in [4.78, 5) is 34.9. The molecule has 0 saturated heterocycles. The van der Waals surface area contributed by atoms with Crippen molar-refractivity contribution in [1.29, 1.82) is 0 Å². The Morgan fingerprint density at radius 2 is 0.867 bits per heavy atom. The van der Waals surface area contributed by atoms with E-state index in [0.717, 1.165) is 44.2 Å². The molecule has 0 aliphatic rings. The fourth-order valence-electron chi connectivity index (χ4n) is 5.26. The molecule has 0 amide bonds. The van der Waals surface area contributed by atoms with Crippen molar-refractivity contribution in [3.05, 3.63) is 124 Å². The molecule has 2 aromatic carbocycles. The summed E-state index contributed by atoms with van der Waals surface area (Å²) in [5.41, 5.74) is 14.2. The van der Waals surface area contributed by atoms with Gasteiger partial charge in [0, 0.05) is 45.3 Å². The fourth-order valence-corrected chi connectivity index (χ4v) is 5.26. The van der Waals surface area contributed by atoms with Gasteiger partial charge in [-0.2, -0.15) is 0 Å². The van der Waals surface area contributed by atoms with Gasteiger partial charge in [-0.1, -0.05) is 0 Å². The zero-order valence-electron chi connectivity index (χ0n) is 26.1. The summed E-state index contributed by atoms with van der Waals surface area (Å²) in [6.07, 6.45) is 3.67. The number of hydrogen-bond donors (Lipinski definition) is 0. The van der Waals surface area contributed by atoms with Gasteiger partial charge in [0.1, 0.15) is 0 Å². The Hall–Kier alpha value is -4.86. The average molecular weight is 703 g/mol. The second-order valence-electron chi connectivity index (χ2n) is 10.3. The molecule has 6 aromatic rings. The first-order valence-corrected chi connectivity index (χ1v) is 13.5. The van der Waals surface area contributed by atoms with Crippen molar-refractivity contribution in [3.8, 4) is 0 Å². The van der Waals surface area contributed by atoms with E-state index >= 15 is 0 Å². The van der Waals surface area contributed by atoms with Crippen LogP contribution in [0.1, 0.15) is 44.8 Å². The number of nitrogens with zero attached hydrogens (tertiary/aromatic N) is 6. The third kappa shape index (κ3) is 8.20. The van der Waals surface area contributed by atoms with Crippen LogP contribution in [0.2, 0.25) is 0 Å². The van der Waals surface area contributed by atoms with Gasteiger partial charge in [0.05, 0.1) is 32.2 Å². The zero-order valence-corrected chi connectivity index (χ0v) is 27.6. The van der Waals surface area contributed by atoms with Crippen molar-refractivity contribution < 1.29 is 30.6 Å². The van der Waals surface area contributed by atoms with Crippen LogP contribution in [0.5, 0.6) is 0 Å². The monoisotopic (exact) mass is 702 g/mol. The standard InChI is InChI=1S/2C16H16N2.2NO3.Pd/c2*1-9-8-14-13(6-5-7-17-14)16-15(9)11(3)10(2)12(4)18-16;2*2-1(3)4;/h2*5-8H,1-4H3;;;/q;;2*-1;+2. The van der Waals surface area contributed by atoms with E-state index in [1.54, 1.807) is 0 Å². The summed E-state index contributed by atoms with van der Waals surface area (Å²) in [7, 11) is 0. The van der Waals surface area contributed by atoms with Crippen LogP contribution < -0.4 is 0 Å². The van der Waals surface area contributed by atoms with E-state index in [4.69, 9.17) is 40.6 Å². The van der Waals surface area contributed by atoms with Crippen molar-refractivity contribution >= 4 is 43.6 Å². The minimum absolute atomic E-state index is 0. The van der Waals surface area contributed by atoms with E-state index < -0.39 is 10.2 Å². The Kier molecular flexibility index (Phi) is 12.3. The van der Waals surface area contributed by atoms with Gasteiger partial charge in [0.15, 0.2) is 0 Å². The molecule has 236 valence electrons. The van der Waals surface area contributed by atoms with E-state index in [0.29, 0.717) is 0 Å². The molecule has 0 unspecified atom stereocenters. The van der Waals surface area contributed by atoms with Crippen molar-refractivity contribution in [2.75, 3.05) is 0 Å². The maximum Gasteiger partial charge on any atom is 2.00 e. The van der Waals surface area contributed by atoms with Gasteiger partial charge in [-0.15, -0.1) is 0 Å². The van der Waals surface area contributed by atoms with Gasteiger partial charge in [-0.25, -0.2) is 0 Å². The Morgan fingerprint density at radius 3 is 1.18 bits per heavy atom. The molecule has 0 aliphatic heterocycles. The van der Waals surface area contributed by atoms with Crippen molar-refractivity contribution in [3.63, 3.8) is 0 Å². The number of benzene rings is 2. The molecule has 4 aromatic heterocycles. The van der Waals surface area contributed by atoms with Gasteiger partial charge < -0.3 is 30.6 Å². The molecule has 13 heteroatoms. The molecular formula is C32H32N6O6Pd. The Bertz CT molecular complexity index is 1900. The Labute approximate surface area is 273 Å². The molecule has 0 bridgehead atoms. The van der Waals surface area contributed by atoms with Crippen LogP contribution in [-0.4, -0.2) is 30.1 Å². The molecule has 0 atom stereocenters. The molecule has 0 N–H and O–H groups in total. The van der Waals surface area contributed by atoms with E-state index in [-0.39, 0.29) is 20.4 Å². The summed E-state index contributed by atoms with van der Waals surface area (Å²) in [5.74, 6) is 0. The maximum absolute atomic E-state index is 8.25. The van der Waals surface area contributed by atoms with Gasteiger partial charge in [-0.05, 0) is 125 Å². The van der Waals surface area contributed by atoms with Gasteiger partial charge in [0.2, 0.25) is 0 Å². The van der Waals surface area contributed by atoms with Gasteiger partial charge in [0.25, 0.3) is 0 Å². The van der Waals surface area contributed by atoms with E-state index in [9.17, 15) is 0 Å². The van der Waals surface area contributed by atoms with Crippen LogP contribution in [0, 0.1) is 86.0 Å². The quantitative estimate of drug-likeness (QED) is 0.0662. The van der Waals surface area contributed by atoms with Gasteiger partial charge >= 0.3 is 20.4 Å². The molecule has 0 spiro atoms. The summed E-state index contributed by atoms with van der Waals surface area (Å²) < 4.78 is 0. The number of hydrogen-bond acceptors (Lipinski definition) is 10. The molecule has 0 radical (unpaired) electrons. The topological polar surface area (TPSA) is 184 Å². The number of aromatic nitrogens is 4. The molecule has 6 rings (SSSR count). The zero-order chi connectivity index (χ0) is 32.9. The molecule has 0 aliphatic carbocycles. The van der Waals surface area contributed by atoms with Crippen LogP contribution >= 0.6 is 0 Å². The molecule has 0 fully saturated rings. The SMILES string of the molecule is Cc1nc2c(c(C)cc3ncccc32)c(C)c1C.Cc1nc2c(c(C)cc3ncccc32)c(C)c1C.O=[N+]([O-])[O-].O=[N+]([O-])[O-].[Pd+2]. The Morgan fingerprint density at radius 1 is 0.556 bits per heavy atom. The van der Waals surface area contributed by atoms with Crippen LogP contribution in [0.25, 0.3) is 43.6 Å². The smallest absolute Gasteiger partial charge is 0.356 e. The third-order valence-electron chi connectivity index (χ3n) is 7.68. The van der Waals surface area contributed by atoms with E-state index in [2.05, 4.69) is 89.6 Å². The number of pyridine rings is 4. The first kappa shape index (κ1) is 36.3. The third-order valence-corrected chi connectivity index (χ3v) is 7.68. The van der Waals surface area contributed by atoms with Crippen LogP contribution in [0.4, 0.5) is 0 Å². The summed E-state index contributed by atoms with van der Waals surface area (Å²) in [6, 6.07) is 12.5. The maximum atomic E-state index is 8.25. The Balaban J connectivity index is 0.000000250. The first-order valence-electron chi connectivity index (χ1n) is 13.5. The second kappa shape index (κ2) is 15.2. The summed E-state index contributed by atoms with van der Waals surface area (Å²) in [5, 5.41) is 34.3. The average Bonchev–Trinajstić information content (AvgIpc) is 2.94. The fraction of sp³-hybridized carbons (Fsp3) is 0.250. The van der Waals surface area contributed by atoms with Crippen LogP contribution in [-0.2, 0) is 20.4 Å². The van der Waals surface area contributed by atoms with Crippen LogP contribution in [0.15, 0.2) is 48.8 Å². The molecule has 12 nitrogen and oxygen atoms in total. The van der Waals surface area contributed by atoms with Crippen molar-refractivity contribution in [1.82, 2.24) is 19.9 Å². The molecule has 45 heavy (non-hydrogen) atoms. The summed E-state index contributed by atoms with van der Waals surface area (Å²) in [6.45, 7) is 17.1. The minimum atomic E-state index is -1.75. The number of aryl methyl sites for hydroxylation is 6. The van der Waals surface area contributed by atoms with Crippen LogP contribution in [0.3, 0.4) is 0 Å². The van der Waals surface area contributed by atoms with E-state index in [1.165, 1.54) is 44.2 Å². The first-order chi connectivity index (χ1) is 20.6. The largest absolute Gasteiger partial charge is 2.00 e. The number of fused-ring (bicyclic) bond motifs is 6. The summed E-state index contributed by atoms with van der Waals surface area (Å²) >= 11 is 0. The normalized spacial score (nSPS) is 10.1. The predicted octanol–water partition coefficient (Wildman–Crippen LogP) is 7.55. The van der Waals surface area contributed by atoms with Crippen molar-refractivity contribution in [2.24, 2.45) is 0 Å². The molecular weight excluding hydrogens is 671 g/mol.